The summed E-state index contributed by atoms with van der Waals surface area (Å²) in [5.74, 6) is 5.87. The fraction of sp³-hybridized carbons (Fsp3) is 0.857. The Kier molecular flexibility index (Phi) is 8.00. The van der Waals surface area contributed by atoms with Crippen molar-refractivity contribution in [2.24, 2.45) is 57.2 Å². The van der Waals surface area contributed by atoms with E-state index in [2.05, 4.69) is 111 Å². The van der Waals surface area contributed by atoms with E-state index >= 15 is 0 Å². The summed E-state index contributed by atoms with van der Waals surface area (Å²) in [5, 5.41) is 3.73. The quantitative estimate of drug-likeness (QED) is 0.205. The van der Waals surface area contributed by atoms with Crippen molar-refractivity contribution in [1.82, 2.24) is 0 Å². The van der Waals surface area contributed by atoms with Crippen molar-refractivity contribution in [2.75, 3.05) is 0 Å². The van der Waals surface area contributed by atoms with Crippen molar-refractivity contribution < 1.29 is 0 Å². The molecule has 8 aliphatic carbocycles. The fourth-order valence-corrected chi connectivity index (χ4v) is 21.1. The highest BCUT2D eigenvalue weighted by Crippen LogP contribution is 2.79. The average molecular weight is 695 g/mol. The Balaban J connectivity index is 1.61. The molecule has 0 heterocycles. The second-order valence-corrected chi connectivity index (χ2v) is 34.8. The van der Waals surface area contributed by atoms with E-state index in [1.54, 1.807) is 49.3 Å². The summed E-state index contributed by atoms with van der Waals surface area (Å²) in [5.41, 5.74) is 4.68. The Bertz CT molecular complexity index is 1250. The summed E-state index contributed by atoms with van der Waals surface area (Å²) >= 11 is 0. The van der Waals surface area contributed by atoms with Gasteiger partial charge in [-0.15, -0.1) is 18.5 Å². The normalized spacial score (nSPS) is 38.8. The van der Waals surface area contributed by atoms with E-state index in [-0.39, 0.29) is 21.1 Å². The molecular formula is C42H72P2Si2. The van der Waals surface area contributed by atoms with E-state index in [0.29, 0.717) is 10.8 Å². The lowest BCUT2D eigenvalue weighted by atomic mass is 9.36. The summed E-state index contributed by atoms with van der Waals surface area (Å²) < 4.78 is 0. The second-order valence-electron chi connectivity index (χ2n) is 23.0. The predicted molar refractivity (Wildman–Crippen MR) is 215 cm³/mol. The molecule has 8 fully saturated rings. The molecule has 46 heavy (non-hydrogen) atoms. The zero-order valence-corrected chi connectivity index (χ0v) is 36.6. The van der Waals surface area contributed by atoms with Gasteiger partial charge in [-0.2, -0.15) is 0 Å². The minimum atomic E-state index is -1.63. The largest absolute Gasteiger partial charge is 0.125 e. The molecule has 0 saturated heterocycles. The molecule has 0 spiro atoms. The van der Waals surface area contributed by atoms with E-state index < -0.39 is 16.1 Å². The van der Waals surface area contributed by atoms with Crippen LogP contribution >= 0.6 is 18.5 Å². The van der Waals surface area contributed by atoms with E-state index in [1.807, 2.05) is 10.8 Å². The lowest BCUT2D eigenvalue weighted by molar-refractivity contribution is -0.158. The van der Waals surface area contributed by atoms with Crippen molar-refractivity contribution in [1.29, 1.82) is 0 Å². The van der Waals surface area contributed by atoms with Crippen molar-refractivity contribution in [3.05, 3.63) is 23.3 Å². The maximum Gasteiger partial charge on any atom is 0.0774 e. The van der Waals surface area contributed by atoms with Crippen LogP contribution in [0.15, 0.2) is 12.1 Å². The third-order valence-electron chi connectivity index (χ3n) is 15.7. The third-order valence-corrected chi connectivity index (χ3v) is 23.6. The molecule has 9 rings (SSSR count). The average Bonchev–Trinajstić information content (AvgIpc) is 2.87. The SMILES string of the molecule is CC(C)(C)C(P)(c1cc([Si](C)(C)C)c([Si](C)(C)C)cc1C(P)(C12CC3CC(CC(C3)C1)C2)C12CC3CC(CC(C3)C1)C2)C(C)(C)C. The first-order chi connectivity index (χ1) is 20.9. The first-order valence-electron chi connectivity index (χ1n) is 19.7. The molecule has 0 N–H and O–H groups in total. The highest BCUT2D eigenvalue weighted by Gasteiger charge is 2.70. The van der Waals surface area contributed by atoms with Gasteiger partial charge >= 0.3 is 0 Å². The lowest BCUT2D eigenvalue weighted by Crippen LogP contribution is -2.66. The first-order valence-corrected chi connectivity index (χ1v) is 27.9. The maximum absolute atomic E-state index is 3.99. The minimum Gasteiger partial charge on any atom is -0.125 e. The van der Waals surface area contributed by atoms with Crippen LogP contribution in [0.3, 0.4) is 0 Å². The number of hydrogen-bond donors (Lipinski definition) is 0. The number of rotatable bonds is 6. The van der Waals surface area contributed by atoms with Crippen molar-refractivity contribution in [3.63, 3.8) is 0 Å². The molecule has 8 saturated carbocycles. The standard InChI is InChI=1S/C42H72P2Si2/c1-37(2,3)41(43,38(4,5)6)33-19-35(45(7,8)9)36(46(10,11)12)20-34(33)42(44,39-21-27-13-28(22-39)15-29(14-27)23-39)40-24-30-16-31(25-40)18-32(17-30)26-40/h19-20,27-32H,13-18,21-26,43-44H2,1-12H3. The molecule has 8 bridgehead atoms. The van der Waals surface area contributed by atoms with Crippen LogP contribution in [0.4, 0.5) is 0 Å². The molecule has 2 atom stereocenters. The second kappa shape index (κ2) is 10.5. The van der Waals surface area contributed by atoms with Gasteiger partial charge in [-0.1, -0.05) is 103 Å². The summed E-state index contributed by atoms with van der Waals surface area (Å²) in [6.45, 7) is 31.3. The molecule has 2 unspecified atom stereocenters. The van der Waals surface area contributed by atoms with Gasteiger partial charge in [-0.25, -0.2) is 0 Å². The molecule has 0 aliphatic heterocycles. The molecule has 0 aromatic heterocycles. The number of benzene rings is 1. The molecule has 0 nitrogen and oxygen atoms in total. The fourth-order valence-electron chi connectivity index (χ4n) is 14.7. The van der Waals surface area contributed by atoms with Gasteiger partial charge in [0.2, 0.25) is 0 Å². The van der Waals surface area contributed by atoms with Gasteiger partial charge in [0.1, 0.15) is 0 Å². The smallest absolute Gasteiger partial charge is 0.0774 e. The topological polar surface area (TPSA) is 0 Å². The van der Waals surface area contributed by atoms with Crippen LogP contribution in [0.5, 0.6) is 0 Å². The van der Waals surface area contributed by atoms with Gasteiger partial charge in [0, 0.05) is 10.3 Å². The molecule has 1 aromatic carbocycles. The summed E-state index contributed by atoms with van der Waals surface area (Å²) in [6, 6.07) is 5.94. The predicted octanol–water partition coefficient (Wildman–Crippen LogP) is 11.4. The third kappa shape index (κ3) is 4.95. The molecule has 1 aromatic rings. The van der Waals surface area contributed by atoms with Gasteiger partial charge in [0.05, 0.1) is 16.1 Å². The summed E-state index contributed by atoms with van der Waals surface area (Å²) in [4.78, 5) is 0. The Hall–Kier alpha value is 0.514. The van der Waals surface area contributed by atoms with Gasteiger partial charge < -0.3 is 0 Å². The van der Waals surface area contributed by atoms with Crippen LogP contribution in [0.25, 0.3) is 0 Å². The van der Waals surface area contributed by atoms with E-state index in [9.17, 15) is 0 Å². The van der Waals surface area contributed by atoms with Crippen LogP contribution in [-0.4, -0.2) is 16.1 Å². The zero-order valence-electron chi connectivity index (χ0n) is 32.3. The van der Waals surface area contributed by atoms with E-state index in [1.165, 1.54) is 38.5 Å². The highest BCUT2D eigenvalue weighted by atomic mass is 31.0. The zero-order chi connectivity index (χ0) is 33.7. The Morgan fingerprint density at radius 1 is 0.500 bits per heavy atom. The Morgan fingerprint density at radius 2 is 0.761 bits per heavy atom. The molecule has 4 heteroatoms. The Labute approximate surface area is 292 Å². The van der Waals surface area contributed by atoms with Crippen LogP contribution in [0.2, 0.25) is 39.3 Å². The van der Waals surface area contributed by atoms with Crippen LogP contribution in [-0.2, 0) is 10.3 Å². The van der Waals surface area contributed by atoms with Gasteiger partial charge in [0.25, 0.3) is 0 Å². The first kappa shape index (κ1) is 34.9. The van der Waals surface area contributed by atoms with E-state index in [0.717, 1.165) is 35.5 Å². The summed E-state index contributed by atoms with van der Waals surface area (Å²) in [7, 11) is 4.38. The van der Waals surface area contributed by atoms with Crippen molar-refractivity contribution in [2.45, 2.75) is 168 Å². The molecule has 0 amide bonds. The maximum atomic E-state index is 3.99. The van der Waals surface area contributed by atoms with Crippen molar-refractivity contribution in [3.8, 4) is 0 Å². The highest BCUT2D eigenvalue weighted by molar-refractivity contribution is 7.19. The van der Waals surface area contributed by atoms with Gasteiger partial charge in [0.15, 0.2) is 0 Å². The lowest BCUT2D eigenvalue weighted by Gasteiger charge is -2.72. The molecule has 0 radical (unpaired) electrons. The molecular weight excluding hydrogens is 623 g/mol. The van der Waals surface area contributed by atoms with E-state index in [4.69, 9.17) is 0 Å². The van der Waals surface area contributed by atoms with Gasteiger partial charge in [-0.05, 0) is 145 Å². The number of hydrogen-bond acceptors (Lipinski definition) is 0. The Morgan fingerprint density at radius 3 is 1.00 bits per heavy atom. The van der Waals surface area contributed by atoms with Crippen molar-refractivity contribution >= 4 is 45.0 Å². The summed E-state index contributed by atoms with van der Waals surface area (Å²) in [6.07, 6.45) is 18.3. The monoisotopic (exact) mass is 694 g/mol. The molecule has 8 aliphatic rings. The minimum absolute atomic E-state index is 0.0336. The molecule has 258 valence electrons. The van der Waals surface area contributed by atoms with Crippen LogP contribution in [0, 0.1) is 57.2 Å². The van der Waals surface area contributed by atoms with Crippen LogP contribution < -0.4 is 10.4 Å². The van der Waals surface area contributed by atoms with Gasteiger partial charge in [-0.3, -0.25) is 0 Å². The van der Waals surface area contributed by atoms with Crippen LogP contribution in [0.1, 0.15) is 130 Å².